The van der Waals surface area contributed by atoms with Crippen molar-refractivity contribution in [1.82, 2.24) is 4.90 Å². The molecule has 2 atom stereocenters. The molecule has 1 aliphatic heterocycles. The summed E-state index contributed by atoms with van der Waals surface area (Å²) in [5.74, 6) is -0.434. The minimum Gasteiger partial charge on any atom is -0.465 e. The van der Waals surface area contributed by atoms with Crippen molar-refractivity contribution in [2.45, 2.75) is 58.5 Å². The molecule has 0 aromatic carbocycles. The Morgan fingerprint density at radius 3 is 1.84 bits per heavy atom. The van der Waals surface area contributed by atoms with Gasteiger partial charge in [0.1, 0.15) is 12.1 Å². The molecule has 0 bridgehead atoms. The third-order valence-electron chi connectivity index (χ3n) is 3.40. The van der Waals surface area contributed by atoms with Gasteiger partial charge in [0, 0.05) is 0 Å². The molecule has 0 amide bonds. The first-order valence-corrected chi connectivity index (χ1v) is 7.24. The van der Waals surface area contributed by atoms with Crippen LogP contribution in [-0.2, 0) is 19.1 Å². The molecule has 5 nitrogen and oxygen atoms in total. The van der Waals surface area contributed by atoms with Crippen LogP contribution in [0.1, 0.15) is 46.5 Å². The average Bonchev–Trinajstić information content (AvgIpc) is 2.80. The van der Waals surface area contributed by atoms with Gasteiger partial charge >= 0.3 is 11.9 Å². The quantitative estimate of drug-likeness (QED) is 0.660. The molecule has 1 aliphatic rings. The van der Waals surface area contributed by atoms with Crippen molar-refractivity contribution in [3.8, 4) is 0 Å². The monoisotopic (exact) mass is 271 g/mol. The minimum atomic E-state index is -0.291. The topological polar surface area (TPSA) is 55.8 Å². The summed E-state index contributed by atoms with van der Waals surface area (Å²) in [5.41, 5.74) is 0. The smallest absolute Gasteiger partial charge is 0.323 e. The second-order valence-corrected chi connectivity index (χ2v) is 4.70. The number of esters is 2. The number of likely N-dealkylation sites (tertiary alicyclic amines) is 1. The van der Waals surface area contributed by atoms with Crippen LogP contribution in [0.4, 0.5) is 0 Å². The third kappa shape index (κ3) is 4.20. The normalized spacial score (nSPS) is 23.3. The van der Waals surface area contributed by atoms with Gasteiger partial charge in [-0.2, -0.15) is 0 Å². The summed E-state index contributed by atoms with van der Waals surface area (Å²) in [5, 5.41) is 0. The van der Waals surface area contributed by atoms with Crippen LogP contribution in [0.2, 0.25) is 0 Å². The summed E-state index contributed by atoms with van der Waals surface area (Å²) in [6, 6.07) is -0.582. The average molecular weight is 271 g/mol. The summed E-state index contributed by atoms with van der Waals surface area (Å²) >= 11 is 0. The van der Waals surface area contributed by atoms with Crippen molar-refractivity contribution in [2.24, 2.45) is 0 Å². The molecule has 110 valence electrons. The fourth-order valence-electron chi connectivity index (χ4n) is 2.50. The molecule has 0 saturated carbocycles. The maximum absolute atomic E-state index is 11.9. The standard InChI is InChI=1S/C14H25NO4/c1-4-7-10-15-11(13(16)18-5-2)8-9-12(15)14(17)19-6-3/h11-12H,4-10H2,1-3H3/t11-,12-/m1/s1. The summed E-state index contributed by atoms with van der Waals surface area (Å²) in [6.07, 6.45) is 3.34. The summed E-state index contributed by atoms with van der Waals surface area (Å²) in [7, 11) is 0. The Hall–Kier alpha value is -1.10. The largest absolute Gasteiger partial charge is 0.465 e. The SMILES string of the molecule is CCCCN1[C@@H](C(=O)OCC)CC[C@@H]1C(=O)OCC. The highest BCUT2D eigenvalue weighted by atomic mass is 16.5. The fraction of sp³-hybridized carbons (Fsp3) is 0.857. The first kappa shape index (κ1) is 16.0. The van der Waals surface area contributed by atoms with Gasteiger partial charge in [-0.3, -0.25) is 14.5 Å². The van der Waals surface area contributed by atoms with Gasteiger partial charge in [-0.1, -0.05) is 13.3 Å². The van der Waals surface area contributed by atoms with Crippen molar-refractivity contribution >= 4 is 11.9 Å². The van der Waals surface area contributed by atoms with Crippen LogP contribution in [0, 0.1) is 0 Å². The maximum atomic E-state index is 11.9. The molecule has 1 rings (SSSR count). The van der Waals surface area contributed by atoms with Crippen LogP contribution >= 0.6 is 0 Å². The Bertz CT molecular complexity index is 280. The number of carbonyl (C=O) groups is 2. The lowest BCUT2D eigenvalue weighted by molar-refractivity contribution is -0.153. The Balaban J connectivity index is 2.72. The van der Waals surface area contributed by atoms with E-state index in [9.17, 15) is 9.59 Å². The zero-order valence-electron chi connectivity index (χ0n) is 12.2. The van der Waals surface area contributed by atoms with Crippen LogP contribution in [0.25, 0.3) is 0 Å². The number of unbranched alkanes of at least 4 members (excludes halogenated alkanes) is 1. The molecule has 0 unspecified atom stereocenters. The Morgan fingerprint density at radius 1 is 1.00 bits per heavy atom. The van der Waals surface area contributed by atoms with Gasteiger partial charge in [0.2, 0.25) is 0 Å². The number of carbonyl (C=O) groups excluding carboxylic acids is 2. The lowest BCUT2D eigenvalue weighted by Gasteiger charge is -2.27. The van der Waals surface area contributed by atoms with Crippen molar-refractivity contribution in [1.29, 1.82) is 0 Å². The lowest BCUT2D eigenvalue weighted by Crippen LogP contribution is -2.45. The van der Waals surface area contributed by atoms with Crippen LogP contribution < -0.4 is 0 Å². The van der Waals surface area contributed by atoms with Gasteiger partial charge in [0.05, 0.1) is 13.2 Å². The highest BCUT2D eigenvalue weighted by Gasteiger charge is 2.42. The van der Waals surface area contributed by atoms with Crippen molar-refractivity contribution in [2.75, 3.05) is 19.8 Å². The predicted octanol–water partition coefficient (Wildman–Crippen LogP) is 1.75. The summed E-state index contributed by atoms with van der Waals surface area (Å²) in [6.45, 7) is 7.18. The van der Waals surface area contributed by atoms with Gasteiger partial charge < -0.3 is 9.47 Å². The number of rotatable bonds is 7. The number of ether oxygens (including phenoxy) is 2. The van der Waals surface area contributed by atoms with E-state index in [-0.39, 0.29) is 24.0 Å². The summed E-state index contributed by atoms with van der Waals surface area (Å²) < 4.78 is 10.2. The van der Waals surface area contributed by atoms with Gasteiger partial charge in [0.15, 0.2) is 0 Å². The fourth-order valence-corrected chi connectivity index (χ4v) is 2.50. The van der Waals surface area contributed by atoms with E-state index < -0.39 is 0 Å². The molecule has 0 aromatic heterocycles. The molecule has 0 aliphatic carbocycles. The number of hydrogen-bond acceptors (Lipinski definition) is 5. The molecule has 0 radical (unpaired) electrons. The van der Waals surface area contributed by atoms with Gasteiger partial charge in [-0.05, 0) is 39.7 Å². The van der Waals surface area contributed by atoms with E-state index in [0.29, 0.717) is 26.1 Å². The molecule has 0 N–H and O–H groups in total. The minimum absolute atomic E-state index is 0.217. The first-order valence-electron chi connectivity index (χ1n) is 7.24. The van der Waals surface area contributed by atoms with Gasteiger partial charge in [-0.25, -0.2) is 0 Å². The van der Waals surface area contributed by atoms with E-state index >= 15 is 0 Å². The van der Waals surface area contributed by atoms with Gasteiger partial charge in [0.25, 0.3) is 0 Å². The van der Waals surface area contributed by atoms with Crippen molar-refractivity contribution < 1.29 is 19.1 Å². The first-order chi connectivity index (χ1) is 9.15. The molecule has 19 heavy (non-hydrogen) atoms. The highest BCUT2D eigenvalue weighted by Crippen LogP contribution is 2.26. The van der Waals surface area contributed by atoms with E-state index in [4.69, 9.17) is 9.47 Å². The Kier molecular flexibility index (Phi) is 6.84. The predicted molar refractivity (Wildman–Crippen MR) is 71.7 cm³/mol. The second kappa shape index (κ2) is 8.15. The van der Waals surface area contributed by atoms with E-state index in [0.717, 1.165) is 19.4 Å². The molecule has 1 fully saturated rings. The van der Waals surface area contributed by atoms with Crippen molar-refractivity contribution in [3.63, 3.8) is 0 Å². The van der Waals surface area contributed by atoms with Crippen molar-refractivity contribution in [3.05, 3.63) is 0 Å². The van der Waals surface area contributed by atoms with E-state index in [1.54, 1.807) is 13.8 Å². The van der Waals surface area contributed by atoms with Crippen LogP contribution in [-0.4, -0.2) is 48.7 Å². The third-order valence-corrected chi connectivity index (χ3v) is 3.40. The van der Waals surface area contributed by atoms with Gasteiger partial charge in [-0.15, -0.1) is 0 Å². The molecule has 0 aromatic rings. The molecular formula is C14H25NO4. The molecule has 1 saturated heterocycles. The molecule has 5 heteroatoms. The van der Waals surface area contributed by atoms with Crippen LogP contribution in [0.15, 0.2) is 0 Å². The molecular weight excluding hydrogens is 246 g/mol. The summed E-state index contributed by atoms with van der Waals surface area (Å²) in [4.78, 5) is 25.8. The molecule has 0 spiro atoms. The highest BCUT2D eigenvalue weighted by molar-refractivity contribution is 5.81. The van der Waals surface area contributed by atoms with E-state index in [1.807, 2.05) is 4.90 Å². The number of hydrogen-bond donors (Lipinski definition) is 0. The molecule has 1 heterocycles. The zero-order valence-corrected chi connectivity index (χ0v) is 12.2. The Morgan fingerprint density at radius 2 is 1.47 bits per heavy atom. The van der Waals surface area contributed by atoms with Crippen LogP contribution in [0.3, 0.4) is 0 Å². The Labute approximate surface area is 115 Å². The van der Waals surface area contributed by atoms with E-state index in [2.05, 4.69) is 6.92 Å². The number of nitrogens with zero attached hydrogens (tertiary/aromatic N) is 1. The lowest BCUT2D eigenvalue weighted by atomic mass is 10.2. The maximum Gasteiger partial charge on any atom is 0.323 e. The second-order valence-electron chi connectivity index (χ2n) is 4.70. The van der Waals surface area contributed by atoms with E-state index in [1.165, 1.54) is 0 Å². The van der Waals surface area contributed by atoms with Crippen LogP contribution in [0.5, 0.6) is 0 Å². The zero-order chi connectivity index (χ0) is 14.3.